The van der Waals surface area contributed by atoms with Crippen LogP contribution in [-0.4, -0.2) is 15.5 Å². The molecule has 0 saturated heterocycles. The fourth-order valence-corrected chi connectivity index (χ4v) is 2.01. The molecular weight excluding hydrogens is 240 g/mol. The van der Waals surface area contributed by atoms with Gasteiger partial charge in [-0.25, -0.2) is 4.98 Å². The molecule has 1 aromatic carbocycles. The monoisotopic (exact) mass is 256 g/mol. The van der Waals surface area contributed by atoms with Crippen LogP contribution in [0.3, 0.4) is 0 Å². The second kappa shape index (κ2) is 4.76. The quantitative estimate of drug-likeness (QED) is 0.823. The van der Waals surface area contributed by atoms with Gasteiger partial charge in [-0.05, 0) is 37.0 Å². The van der Waals surface area contributed by atoms with E-state index in [-0.39, 0.29) is 5.91 Å². The number of nitrogens with two attached hydrogens (primary N) is 1. The normalized spacial score (nSPS) is 14.3. The van der Waals surface area contributed by atoms with Crippen LogP contribution in [-0.2, 0) is 6.54 Å². The maximum atomic E-state index is 12.1. The third kappa shape index (κ3) is 2.76. The molecule has 0 bridgehead atoms. The number of rotatable bonds is 4. The first-order valence-corrected chi connectivity index (χ1v) is 6.40. The molecule has 3 rings (SSSR count). The lowest BCUT2D eigenvalue weighted by Crippen LogP contribution is -2.16. The minimum absolute atomic E-state index is 0.185. The number of nitrogen functional groups attached to an aromatic ring is 1. The molecule has 0 atom stereocenters. The molecule has 1 amide bonds. The van der Waals surface area contributed by atoms with Gasteiger partial charge in [0.15, 0.2) is 0 Å². The van der Waals surface area contributed by atoms with Crippen LogP contribution in [0.2, 0.25) is 0 Å². The van der Waals surface area contributed by atoms with E-state index in [1.165, 1.54) is 12.8 Å². The van der Waals surface area contributed by atoms with Gasteiger partial charge in [0, 0.05) is 30.2 Å². The van der Waals surface area contributed by atoms with Crippen LogP contribution in [0.1, 0.15) is 23.2 Å². The van der Waals surface area contributed by atoms with Crippen molar-refractivity contribution in [2.45, 2.75) is 19.4 Å². The van der Waals surface area contributed by atoms with Gasteiger partial charge in [-0.1, -0.05) is 6.07 Å². The number of benzene rings is 1. The molecule has 1 heterocycles. The van der Waals surface area contributed by atoms with E-state index in [0.29, 0.717) is 17.2 Å². The third-order valence-electron chi connectivity index (χ3n) is 3.24. The fourth-order valence-electron chi connectivity index (χ4n) is 2.01. The SMILES string of the molecule is Nc1cccc(C(=O)Nc2nccn2CC2CC2)c1. The lowest BCUT2D eigenvalue weighted by Gasteiger charge is -2.08. The summed E-state index contributed by atoms with van der Waals surface area (Å²) in [4.78, 5) is 16.3. The van der Waals surface area contributed by atoms with E-state index in [1.807, 2.05) is 10.8 Å². The highest BCUT2D eigenvalue weighted by Crippen LogP contribution is 2.31. The van der Waals surface area contributed by atoms with Crippen LogP contribution in [0.4, 0.5) is 11.6 Å². The Balaban J connectivity index is 1.73. The molecule has 0 spiro atoms. The number of imidazole rings is 1. The Labute approximate surface area is 111 Å². The Bertz CT molecular complexity index is 601. The Hall–Kier alpha value is -2.30. The highest BCUT2D eigenvalue weighted by atomic mass is 16.1. The van der Waals surface area contributed by atoms with Crippen molar-refractivity contribution in [1.29, 1.82) is 0 Å². The molecule has 0 unspecified atom stereocenters. The summed E-state index contributed by atoms with van der Waals surface area (Å²) in [6, 6.07) is 6.91. The van der Waals surface area contributed by atoms with E-state index in [4.69, 9.17) is 5.73 Å². The number of anilines is 2. The summed E-state index contributed by atoms with van der Waals surface area (Å²) in [5.41, 5.74) is 6.79. The van der Waals surface area contributed by atoms with Crippen molar-refractivity contribution in [3.63, 3.8) is 0 Å². The molecule has 98 valence electrons. The smallest absolute Gasteiger partial charge is 0.258 e. The van der Waals surface area contributed by atoms with E-state index in [2.05, 4.69) is 10.3 Å². The average Bonchev–Trinajstić information content (AvgIpc) is 3.10. The van der Waals surface area contributed by atoms with Gasteiger partial charge < -0.3 is 10.3 Å². The molecule has 1 fully saturated rings. The number of nitrogens with one attached hydrogen (secondary N) is 1. The Kier molecular flexibility index (Phi) is 2.95. The maximum Gasteiger partial charge on any atom is 0.258 e. The standard InChI is InChI=1S/C14H16N4O/c15-12-3-1-2-11(8-12)13(19)17-14-16-6-7-18(14)9-10-4-5-10/h1-3,6-8,10H,4-5,9,15H2,(H,16,17,19). The van der Waals surface area contributed by atoms with Crippen molar-refractivity contribution in [2.75, 3.05) is 11.1 Å². The molecule has 19 heavy (non-hydrogen) atoms. The number of nitrogens with zero attached hydrogens (tertiary/aromatic N) is 2. The number of carbonyl (C=O) groups is 1. The van der Waals surface area contributed by atoms with Gasteiger partial charge in [-0.3, -0.25) is 10.1 Å². The average molecular weight is 256 g/mol. The van der Waals surface area contributed by atoms with E-state index >= 15 is 0 Å². The number of aromatic nitrogens is 2. The van der Waals surface area contributed by atoms with Crippen molar-refractivity contribution in [1.82, 2.24) is 9.55 Å². The number of amides is 1. The topological polar surface area (TPSA) is 72.9 Å². The number of hydrogen-bond acceptors (Lipinski definition) is 3. The number of hydrogen-bond donors (Lipinski definition) is 2. The van der Waals surface area contributed by atoms with Crippen LogP contribution in [0.15, 0.2) is 36.7 Å². The largest absolute Gasteiger partial charge is 0.399 e. The maximum absolute atomic E-state index is 12.1. The molecule has 1 aromatic heterocycles. The molecule has 0 aliphatic heterocycles. The summed E-state index contributed by atoms with van der Waals surface area (Å²) in [5.74, 6) is 1.15. The fraction of sp³-hybridized carbons (Fsp3) is 0.286. The molecule has 2 aromatic rings. The highest BCUT2D eigenvalue weighted by molar-refractivity contribution is 6.03. The van der Waals surface area contributed by atoms with Crippen LogP contribution in [0, 0.1) is 5.92 Å². The molecule has 1 aliphatic carbocycles. The first kappa shape index (κ1) is 11.8. The van der Waals surface area contributed by atoms with Gasteiger partial charge in [0.2, 0.25) is 5.95 Å². The molecule has 5 heteroatoms. The van der Waals surface area contributed by atoms with E-state index in [0.717, 1.165) is 12.5 Å². The van der Waals surface area contributed by atoms with Gasteiger partial charge in [0.1, 0.15) is 0 Å². The van der Waals surface area contributed by atoms with Crippen LogP contribution in [0.5, 0.6) is 0 Å². The predicted octanol–water partition coefficient (Wildman–Crippen LogP) is 2.13. The van der Waals surface area contributed by atoms with Crippen molar-refractivity contribution in [2.24, 2.45) is 5.92 Å². The van der Waals surface area contributed by atoms with Crippen molar-refractivity contribution < 1.29 is 4.79 Å². The van der Waals surface area contributed by atoms with Crippen LogP contribution >= 0.6 is 0 Å². The highest BCUT2D eigenvalue weighted by Gasteiger charge is 2.23. The van der Waals surface area contributed by atoms with Crippen molar-refractivity contribution >= 4 is 17.5 Å². The van der Waals surface area contributed by atoms with Gasteiger partial charge >= 0.3 is 0 Å². The predicted molar refractivity (Wildman–Crippen MR) is 73.8 cm³/mol. The summed E-state index contributed by atoms with van der Waals surface area (Å²) in [6.07, 6.45) is 6.13. The zero-order valence-electron chi connectivity index (χ0n) is 10.5. The second-order valence-electron chi connectivity index (χ2n) is 4.93. The van der Waals surface area contributed by atoms with Crippen molar-refractivity contribution in [3.8, 4) is 0 Å². The summed E-state index contributed by atoms with van der Waals surface area (Å²) < 4.78 is 1.99. The van der Waals surface area contributed by atoms with E-state index in [9.17, 15) is 4.79 Å². The summed E-state index contributed by atoms with van der Waals surface area (Å²) in [7, 11) is 0. The zero-order valence-corrected chi connectivity index (χ0v) is 10.5. The lowest BCUT2D eigenvalue weighted by atomic mass is 10.2. The minimum Gasteiger partial charge on any atom is -0.399 e. The second-order valence-corrected chi connectivity index (χ2v) is 4.93. The van der Waals surface area contributed by atoms with Gasteiger partial charge in [0.25, 0.3) is 5.91 Å². The molecule has 3 N–H and O–H groups in total. The Morgan fingerprint density at radius 1 is 1.47 bits per heavy atom. The first-order chi connectivity index (χ1) is 9.22. The molecule has 1 saturated carbocycles. The summed E-state index contributed by atoms with van der Waals surface area (Å²) >= 11 is 0. The number of carbonyl (C=O) groups excluding carboxylic acids is 1. The van der Waals surface area contributed by atoms with Gasteiger partial charge in [-0.15, -0.1) is 0 Å². The molecule has 5 nitrogen and oxygen atoms in total. The summed E-state index contributed by atoms with van der Waals surface area (Å²) in [6.45, 7) is 0.923. The lowest BCUT2D eigenvalue weighted by molar-refractivity contribution is 0.102. The summed E-state index contributed by atoms with van der Waals surface area (Å²) in [5, 5.41) is 2.82. The molecular formula is C14H16N4O. The third-order valence-corrected chi connectivity index (χ3v) is 3.24. The Morgan fingerprint density at radius 3 is 3.05 bits per heavy atom. The van der Waals surface area contributed by atoms with Crippen LogP contribution in [0.25, 0.3) is 0 Å². The molecule has 1 aliphatic rings. The molecule has 0 radical (unpaired) electrons. The van der Waals surface area contributed by atoms with Gasteiger partial charge in [0.05, 0.1) is 0 Å². The Morgan fingerprint density at radius 2 is 2.32 bits per heavy atom. The zero-order chi connectivity index (χ0) is 13.2. The van der Waals surface area contributed by atoms with E-state index < -0.39 is 0 Å². The van der Waals surface area contributed by atoms with Crippen molar-refractivity contribution in [3.05, 3.63) is 42.2 Å². The van der Waals surface area contributed by atoms with Crippen LogP contribution < -0.4 is 11.1 Å². The minimum atomic E-state index is -0.185. The van der Waals surface area contributed by atoms with Gasteiger partial charge in [-0.2, -0.15) is 0 Å². The first-order valence-electron chi connectivity index (χ1n) is 6.40. The van der Waals surface area contributed by atoms with E-state index in [1.54, 1.807) is 30.5 Å².